The Kier molecular flexibility index (Phi) is 3.34. The summed E-state index contributed by atoms with van der Waals surface area (Å²) in [5.74, 6) is 1.50. The van der Waals surface area contributed by atoms with E-state index in [1.165, 1.54) is 0 Å². The topological polar surface area (TPSA) is 38.7 Å². The summed E-state index contributed by atoms with van der Waals surface area (Å²) in [6, 6.07) is 7.59. The van der Waals surface area contributed by atoms with Gasteiger partial charge in [-0.25, -0.2) is 0 Å². The van der Waals surface area contributed by atoms with Gasteiger partial charge in [-0.05, 0) is 25.0 Å². The highest BCUT2D eigenvalue weighted by Gasteiger charge is 2.36. The van der Waals surface area contributed by atoms with Crippen LogP contribution in [0.5, 0.6) is 11.5 Å². The van der Waals surface area contributed by atoms with Crippen LogP contribution in [0.1, 0.15) is 26.2 Å². The van der Waals surface area contributed by atoms with Crippen LogP contribution >= 0.6 is 0 Å². The molecule has 1 aliphatic heterocycles. The number of unbranched alkanes of at least 4 members (excludes halogenated alkanes) is 1. The van der Waals surface area contributed by atoms with Crippen LogP contribution in [-0.2, 0) is 0 Å². The molecule has 3 nitrogen and oxygen atoms in total. The van der Waals surface area contributed by atoms with Crippen molar-refractivity contribution in [1.82, 2.24) is 0 Å². The van der Waals surface area contributed by atoms with Crippen molar-refractivity contribution in [1.29, 1.82) is 0 Å². The van der Waals surface area contributed by atoms with Gasteiger partial charge in [0.05, 0.1) is 6.61 Å². The fourth-order valence-electron chi connectivity index (χ4n) is 1.90. The maximum atomic E-state index is 9.49. The van der Waals surface area contributed by atoms with Crippen LogP contribution in [0.3, 0.4) is 0 Å². The highest BCUT2D eigenvalue weighted by molar-refractivity contribution is 5.41. The Morgan fingerprint density at radius 2 is 2.06 bits per heavy atom. The van der Waals surface area contributed by atoms with Crippen molar-refractivity contribution in [3.63, 3.8) is 0 Å². The van der Waals surface area contributed by atoms with E-state index in [4.69, 9.17) is 9.47 Å². The fourth-order valence-corrected chi connectivity index (χ4v) is 1.90. The van der Waals surface area contributed by atoms with Gasteiger partial charge in [0.2, 0.25) is 0 Å². The lowest BCUT2D eigenvalue weighted by atomic mass is 9.97. The number of hydrogen-bond donors (Lipinski definition) is 1. The van der Waals surface area contributed by atoms with Crippen molar-refractivity contribution in [3.8, 4) is 11.5 Å². The first-order valence-corrected chi connectivity index (χ1v) is 5.81. The molecule has 1 aromatic rings. The van der Waals surface area contributed by atoms with E-state index in [-0.39, 0.29) is 6.61 Å². The second kappa shape index (κ2) is 4.74. The van der Waals surface area contributed by atoms with E-state index in [0.29, 0.717) is 6.61 Å². The molecule has 1 N–H and O–H groups in total. The minimum absolute atomic E-state index is 0.00132. The zero-order valence-corrected chi connectivity index (χ0v) is 9.61. The molecule has 1 aliphatic rings. The van der Waals surface area contributed by atoms with E-state index < -0.39 is 5.60 Å². The zero-order chi connectivity index (χ0) is 11.4. The van der Waals surface area contributed by atoms with E-state index in [0.717, 1.165) is 30.8 Å². The Balaban J connectivity index is 2.15. The first-order valence-electron chi connectivity index (χ1n) is 5.81. The molecule has 0 aliphatic carbocycles. The van der Waals surface area contributed by atoms with Crippen LogP contribution in [0.15, 0.2) is 24.3 Å². The van der Waals surface area contributed by atoms with Gasteiger partial charge in [-0.1, -0.05) is 25.5 Å². The lowest BCUT2D eigenvalue weighted by Gasteiger charge is -2.37. The van der Waals surface area contributed by atoms with Crippen LogP contribution in [-0.4, -0.2) is 23.9 Å². The third-order valence-electron chi connectivity index (χ3n) is 2.94. The first-order chi connectivity index (χ1) is 7.79. The van der Waals surface area contributed by atoms with Crippen molar-refractivity contribution in [2.45, 2.75) is 31.8 Å². The molecule has 0 aromatic heterocycles. The van der Waals surface area contributed by atoms with E-state index in [9.17, 15) is 5.11 Å². The molecule has 2 rings (SSSR count). The van der Waals surface area contributed by atoms with Gasteiger partial charge in [0, 0.05) is 0 Å². The number of rotatable bonds is 4. The molecule has 0 saturated carbocycles. The Morgan fingerprint density at radius 3 is 2.75 bits per heavy atom. The number of benzene rings is 1. The molecule has 16 heavy (non-hydrogen) atoms. The SMILES string of the molecule is CCCC[C@@]1(CO)COc2ccccc2O1. The van der Waals surface area contributed by atoms with Crippen molar-refractivity contribution in [2.75, 3.05) is 13.2 Å². The van der Waals surface area contributed by atoms with Crippen molar-refractivity contribution < 1.29 is 14.6 Å². The molecule has 0 radical (unpaired) electrons. The Morgan fingerprint density at radius 1 is 1.31 bits per heavy atom. The molecule has 88 valence electrons. The molecule has 1 aromatic carbocycles. The molecular formula is C13H18O3. The zero-order valence-electron chi connectivity index (χ0n) is 9.61. The van der Waals surface area contributed by atoms with Gasteiger partial charge < -0.3 is 14.6 Å². The highest BCUT2D eigenvalue weighted by Crippen LogP contribution is 2.36. The average molecular weight is 222 g/mol. The average Bonchev–Trinajstić information content (AvgIpc) is 2.36. The third-order valence-corrected chi connectivity index (χ3v) is 2.94. The number of hydrogen-bond acceptors (Lipinski definition) is 3. The van der Waals surface area contributed by atoms with Gasteiger partial charge in [0.1, 0.15) is 6.61 Å². The van der Waals surface area contributed by atoms with Gasteiger partial charge in [0.25, 0.3) is 0 Å². The van der Waals surface area contributed by atoms with Crippen molar-refractivity contribution >= 4 is 0 Å². The molecule has 0 unspecified atom stereocenters. The summed E-state index contributed by atoms with van der Waals surface area (Å²) in [5, 5.41) is 9.49. The summed E-state index contributed by atoms with van der Waals surface area (Å²) in [6.07, 6.45) is 2.95. The Labute approximate surface area is 96.0 Å². The second-order valence-electron chi connectivity index (χ2n) is 4.28. The Hall–Kier alpha value is -1.22. The van der Waals surface area contributed by atoms with Crippen LogP contribution in [0.4, 0.5) is 0 Å². The quantitative estimate of drug-likeness (QED) is 0.850. The maximum absolute atomic E-state index is 9.49. The smallest absolute Gasteiger partial charge is 0.166 e. The normalized spacial score (nSPS) is 23.1. The van der Waals surface area contributed by atoms with Crippen LogP contribution in [0, 0.1) is 0 Å². The predicted molar refractivity (Wildman–Crippen MR) is 61.9 cm³/mol. The summed E-state index contributed by atoms with van der Waals surface area (Å²) in [6.45, 7) is 2.56. The summed E-state index contributed by atoms with van der Waals surface area (Å²) >= 11 is 0. The largest absolute Gasteiger partial charge is 0.485 e. The molecule has 1 atom stereocenters. The van der Waals surface area contributed by atoms with Crippen LogP contribution in [0.25, 0.3) is 0 Å². The molecule has 0 spiro atoms. The van der Waals surface area contributed by atoms with Gasteiger partial charge in [0.15, 0.2) is 17.1 Å². The van der Waals surface area contributed by atoms with Crippen molar-refractivity contribution in [2.24, 2.45) is 0 Å². The summed E-state index contributed by atoms with van der Waals surface area (Å²) < 4.78 is 11.5. The van der Waals surface area contributed by atoms with Crippen LogP contribution < -0.4 is 9.47 Å². The third kappa shape index (κ3) is 2.14. The molecule has 3 heteroatoms. The predicted octanol–water partition coefficient (Wildman–Crippen LogP) is 2.38. The first kappa shape index (κ1) is 11.3. The van der Waals surface area contributed by atoms with Crippen molar-refractivity contribution in [3.05, 3.63) is 24.3 Å². The van der Waals surface area contributed by atoms with E-state index >= 15 is 0 Å². The molecular weight excluding hydrogens is 204 g/mol. The summed E-state index contributed by atoms with van der Waals surface area (Å²) in [5.41, 5.74) is -0.551. The minimum atomic E-state index is -0.551. The van der Waals surface area contributed by atoms with E-state index in [1.54, 1.807) is 0 Å². The fraction of sp³-hybridized carbons (Fsp3) is 0.538. The molecule has 0 amide bonds. The van der Waals surface area contributed by atoms with Gasteiger partial charge in [-0.2, -0.15) is 0 Å². The number of ether oxygens (including phenoxy) is 2. The molecule has 0 fully saturated rings. The lowest BCUT2D eigenvalue weighted by molar-refractivity contribution is -0.0540. The van der Waals surface area contributed by atoms with E-state index in [1.807, 2.05) is 24.3 Å². The lowest BCUT2D eigenvalue weighted by Crippen LogP contribution is -2.48. The van der Waals surface area contributed by atoms with Gasteiger partial charge in [-0.3, -0.25) is 0 Å². The molecule has 0 bridgehead atoms. The standard InChI is InChI=1S/C13H18O3/c1-2-3-8-13(9-14)10-15-11-6-4-5-7-12(11)16-13/h4-7,14H,2-3,8-10H2,1H3/t13-/m1/s1. The monoisotopic (exact) mass is 222 g/mol. The van der Waals surface area contributed by atoms with Crippen LogP contribution in [0.2, 0.25) is 0 Å². The molecule has 0 saturated heterocycles. The maximum Gasteiger partial charge on any atom is 0.166 e. The van der Waals surface area contributed by atoms with Gasteiger partial charge in [-0.15, -0.1) is 0 Å². The van der Waals surface area contributed by atoms with E-state index in [2.05, 4.69) is 6.92 Å². The number of para-hydroxylation sites is 2. The van der Waals surface area contributed by atoms with Gasteiger partial charge >= 0.3 is 0 Å². The minimum Gasteiger partial charge on any atom is -0.485 e. The Bertz CT molecular complexity index is 351. The summed E-state index contributed by atoms with van der Waals surface area (Å²) in [7, 11) is 0. The number of aliphatic hydroxyl groups is 1. The molecule has 1 heterocycles. The summed E-state index contributed by atoms with van der Waals surface area (Å²) in [4.78, 5) is 0. The number of fused-ring (bicyclic) bond motifs is 1. The number of aliphatic hydroxyl groups excluding tert-OH is 1. The second-order valence-corrected chi connectivity index (χ2v) is 4.28. The highest BCUT2D eigenvalue weighted by atomic mass is 16.6.